The van der Waals surface area contributed by atoms with Gasteiger partial charge in [0, 0.05) is 49.5 Å². The Kier molecular flexibility index (Phi) is 4.19. The van der Waals surface area contributed by atoms with Gasteiger partial charge in [-0.1, -0.05) is 0 Å². The first kappa shape index (κ1) is 20.0. The molecule has 4 heterocycles. The Morgan fingerprint density at radius 1 is 1.33 bits per heavy atom. The summed E-state index contributed by atoms with van der Waals surface area (Å²) in [5.74, 6) is 0.568. The number of nitrogens with one attached hydrogen (secondary N) is 1. The highest BCUT2D eigenvalue weighted by atomic mass is 16.5. The van der Waals surface area contributed by atoms with Gasteiger partial charge in [-0.2, -0.15) is 5.10 Å². The molecule has 10 nitrogen and oxygen atoms in total. The number of hydrogen-bond donors (Lipinski definition) is 3. The molecule has 1 saturated carbocycles. The number of nitrogens with zero attached hydrogens (tertiary/aromatic N) is 4. The van der Waals surface area contributed by atoms with Gasteiger partial charge in [-0.15, -0.1) is 0 Å². The molecule has 1 saturated heterocycles. The summed E-state index contributed by atoms with van der Waals surface area (Å²) in [5.41, 5.74) is 8.06. The van der Waals surface area contributed by atoms with Crippen molar-refractivity contribution in [1.29, 1.82) is 0 Å². The standard InChI is InChI=1S/C23H24N6O4/c1-23(11-30)7-12-5-16(27-22(32)13-8-26-29-4-2-3-25-21(13)29)17(6-18(12)33-23)28-9-14-15(10-28)19(14)20(24)31/h2-6,8,14-15,19,30H,7,9-11H2,1H3,(H2,24,31)(H,27,32)/t14-,15+,19+,23-/m1/s1. The van der Waals surface area contributed by atoms with Crippen molar-refractivity contribution in [2.24, 2.45) is 23.5 Å². The molecule has 3 aliphatic rings. The van der Waals surface area contributed by atoms with Crippen LogP contribution >= 0.6 is 0 Å². The minimum absolute atomic E-state index is 0.0625. The second-order valence-electron chi connectivity index (χ2n) is 9.43. The summed E-state index contributed by atoms with van der Waals surface area (Å²) in [6, 6.07) is 5.58. The fourth-order valence-corrected chi connectivity index (χ4v) is 5.32. The topological polar surface area (TPSA) is 135 Å². The molecular formula is C23H24N6O4. The predicted octanol–water partition coefficient (Wildman–Crippen LogP) is 0.835. The maximum atomic E-state index is 13.2. The van der Waals surface area contributed by atoms with Crippen molar-refractivity contribution >= 4 is 28.8 Å². The van der Waals surface area contributed by atoms with Crippen LogP contribution in [0.4, 0.5) is 11.4 Å². The van der Waals surface area contributed by atoms with E-state index in [1.54, 1.807) is 23.0 Å². The number of benzene rings is 1. The lowest BCUT2D eigenvalue weighted by atomic mass is 9.99. The zero-order valence-electron chi connectivity index (χ0n) is 18.1. The summed E-state index contributed by atoms with van der Waals surface area (Å²) >= 11 is 0. The summed E-state index contributed by atoms with van der Waals surface area (Å²) < 4.78 is 7.60. The van der Waals surface area contributed by atoms with E-state index in [4.69, 9.17) is 10.5 Å². The highest BCUT2D eigenvalue weighted by Crippen LogP contribution is 2.54. The van der Waals surface area contributed by atoms with Crippen molar-refractivity contribution < 1.29 is 19.4 Å². The van der Waals surface area contributed by atoms with Crippen molar-refractivity contribution in [3.8, 4) is 5.75 Å². The van der Waals surface area contributed by atoms with Crippen LogP contribution in [0.15, 0.2) is 36.8 Å². The van der Waals surface area contributed by atoms with E-state index in [1.807, 2.05) is 19.1 Å². The third kappa shape index (κ3) is 3.12. The Labute approximate surface area is 189 Å². The number of carbonyl (C=O) groups excluding carboxylic acids is 2. The Morgan fingerprint density at radius 2 is 2.12 bits per heavy atom. The lowest BCUT2D eigenvalue weighted by molar-refractivity contribution is -0.119. The van der Waals surface area contributed by atoms with Crippen LogP contribution in [0.3, 0.4) is 0 Å². The Bertz CT molecular complexity index is 1290. The van der Waals surface area contributed by atoms with E-state index in [2.05, 4.69) is 20.3 Å². The third-order valence-corrected chi connectivity index (χ3v) is 7.07. The Hall–Kier alpha value is -3.66. The number of primary amides is 1. The van der Waals surface area contributed by atoms with Gasteiger partial charge in [0.05, 0.1) is 24.2 Å². The average molecular weight is 448 g/mol. The number of piperidine rings is 1. The zero-order valence-corrected chi connectivity index (χ0v) is 18.1. The van der Waals surface area contributed by atoms with Crippen LogP contribution < -0.4 is 20.7 Å². The van der Waals surface area contributed by atoms with Gasteiger partial charge < -0.3 is 25.8 Å². The average Bonchev–Trinajstić information content (AvgIpc) is 3.15. The molecule has 1 aromatic carbocycles. The molecule has 1 aliphatic carbocycles. The quantitative estimate of drug-likeness (QED) is 0.526. The highest BCUT2D eigenvalue weighted by Gasteiger charge is 2.59. The lowest BCUT2D eigenvalue weighted by Crippen LogP contribution is -2.34. The van der Waals surface area contributed by atoms with Crippen molar-refractivity contribution in [2.75, 3.05) is 29.9 Å². The van der Waals surface area contributed by atoms with Crippen LogP contribution in [0.2, 0.25) is 0 Å². The summed E-state index contributed by atoms with van der Waals surface area (Å²) in [6.07, 6.45) is 5.39. The van der Waals surface area contributed by atoms with E-state index in [-0.39, 0.29) is 36.2 Å². The molecule has 0 radical (unpaired) electrons. The molecule has 0 unspecified atom stereocenters. The second kappa shape index (κ2) is 6.92. The van der Waals surface area contributed by atoms with Crippen LogP contribution in [0.1, 0.15) is 22.8 Å². The first-order valence-electron chi connectivity index (χ1n) is 11.0. The largest absolute Gasteiger partial charge is 0.484 e. The van der Waals surface area contributed by atoms with Gasteiger partial charge in [-0.3, -0.25) is 9.59 Å². The highest BCUT2D eigenvalue weighted by molar-refractivity contribution is 6.09. The fraction of sp³-hybridized carbons (Fsp3) is 0.391. The van der Waals surface area contributed by atoms with Crippen LogP contribution in [0.25, 0.3) is 5.65 Å². The first-order chi connectivity index (χ1) is 15.9. The predicted molar refractivity (Wildman–Crippen MR) is 119 cm³/mol. The Balaban J connectivity index is 1.34. The number of fused-ring (bicyclic) bond motifs is 3. The molecule has 2 fully saturated rings. The normalized spacial score (nSPS) is 27.2. The van der Waals surface area contributed by atoms with Gasteiger partial charge in [0.2, 0.25) is 5.91 Å². The third-order valence-electron chi connectivity index (χ3n) is 7.07. The number of amides is 2. The van der Waals surface area contributed by atoms with E-state index < -0.39 is 5.60 Å². The molecule has 0 bridgehead atoms. The molecule has 2 amide bonds. The van der Waals surface area contributed by atoms with Crippen molar-refractivity contribution in [2.45, 2.75) is 18.9 Å². The number of aromatic nitrogens is 3. The van der Waals surface area contributed by atoms with Gasteiger partial charge in [0.15, 0.2) is 5.65 Å². The summed E-state index contributed by atoms with van der Waals surface area (Å²) in [7, 11) is 0. The van der Waals surface area contributed by atoms with E-state index in [0.717, 1.165) is 11.3 Å². The van der Waals surface area contributed by atoms with E-state index in [1.165, 1.54) is 6.20 Å². The van der Waals surface area contributed by atoms with Gasteiger partial charge in [-0.05, 0) is 30.9 Å². The summed E-state index contributed by atoms with van der Waals surface area (Å²) in [4.78, 5) is 31.2. The number of aliphatic hydroxyl groups excluding tert-OH is 1. The maximum absolute atomic E-state index is 13.2. The number of anilines is 2. The molecule has 33 heavy (non-hydrogen) atoms. The molecule has 2 aliphatic heterocycles. The molecule has 10 heteroatoms. The van der Waals surface area contributed by atoms with Crippen LogP contribution in [-0.4, -0.2) is 56.8 Å². The van der Waals surface area contributed by atoms with E-state index >= 15 is 0 Å². The number of ether oxygens (including phenoxy) is 1. The van der Waals surface area contributed by atoms with Gasteiger partial charge in [0.1, 0.15) is 16.9 Å². The smallest absolute Gasteiger partial charge is 0.261 e. The minimum atomic E-state index is -0.696. The molecular weight excluding hydrogens is 424 g/mol. The number of aliphatic hydroxyl groups is 1. The van der Waals surface area contributed by atoms with Gasteiger partial charge >= 0.3 is 0 Å². The van der Waals surface area contributed by atoms with Gasteiger partial charge in [0.25, 0.3) is 5.91 Å². The zero-order chi connectivity index (χ0) is 22.9. The number of hydrogen-bond acceptors (Lipinski definition) is 7. The van der Waals surface area contributed by atoms with Crippen molar-refractivity contribution in [3.05, 3.63) is 47.9 Å². The van der Waals surface area contributed by atoms with Crippen LogP contribution in [-0.2, 0) is 11.2 Å². The molecule has 170 valence electrons. The molecule has 4 N–H and O–H groups in total. The second-order valence-corrected chi connectivity index (χ2v) is 9.43. The first-order valence-corrected chi connectivity index (χ1v) is 11.0. The van der Waals surface area contributed by atoms with E-state index in [9.17, 15) is 14.7 Å². The molecule has 0 spiro atoms. The molecule has 6 rings (SSSR count). The maximum Gasteiger partial charge on any atom is 0.261 e. The SMILES string of the molecule is C[C@]1(CO)Cc2cc(NC(=O)c3cnn4cccnc34)c(N3C[C@@H]4[C@H](C3)[C@H]4C(N)=O)cc2O1. The van der Waals surface area contributed by atoms with Crippen LogP contribution in [0, 0.1) is 17.8 Å². The number of rotatable bonds is 5. The Morgan fingerprint density at radius 3 is 2.85 bits per heavy atom. The van der Waals surface area contributed by atoms with Crippen LogP contribution in [0.5, 0.6) is 5.75 Å². The summed E-state index contributed by atoms with van der Waals surface area (Å²) in [6.45, 7) is 3.13. The van der Waals surface area contributed by atoms with Crippen molar-refractivity contribution in [3.63, 3.8) is 0 Å². The molecule has 3 aromatic rings. The lowest BCUT2D eigenvalue weighted by Gasteiger charge is -2.25. The number of nitrogens with two attached hydrogens (primary N) is 1. The monoisotopic (exact) mass is 448 g/mol. The molecule has 2 aromatic heterocycles. The fourth-order valence-electron chi connectivity index (χ4n) is 5.32. The number of carbonyl (C=O) groups is 2. The summed E-state index contributed by atoms with van der Waals surface area (Å²) in [5, 5.41) is 17.0. The van der Waals surface area contributed by atoms with Crippen molar-refractivity contribution in [1.82, 2.24) is 14.6 Å². The van der Waals surface area contributed by atoms with E-state index in [0.29, 0.717) is 42.2 Å². The van der Waals surface area contributed by atoms with Gasteiger partial charge in [-0.25, -0.2) is 9.50 Å². The molecule has 4 atom stereocenters. The minimum Gasteiger partial charge on any atom is -0.484 e.